The van der Waals surface area contributed by atoms with Crippen LogP contribution in [0.15, 0.2) is 24.3 Å². The van der Waals surface area contributed by atoms with Gasteiger partial charge in [0.1, 0.15) is 0 Å². The Kier molecular flexibility index (Phi) is 4.96. The normalized spacial score (nSPS) is 22.9. The molecule has 6 heteroatoms. The molecule has 1 aliphatic carbocycles. The maximum absolute atomic E-state index is 12.5. The van der Waals surface area contributed by atoms with Gasteiger partial charge in [0.05, 0.1) is 5.56 Å². The van der Waals surface area contributed by atoms with Crippen LogP contribution < -0.4 is 0 Å². The predicted octanol–water partition coefficient (Wildman–Crippen LogP) is 4.48. The van der Waals surface area contributed by atoms with E-state index in [-0.39, 0.29) is 22.3 Å². The molecule has 116 valence electrons. The van der Waals surface area contributed by atoms with E-state index < -0.39 is 11.7 Å². The van der Waals surface area contributed by atoms with Crippen LogP contribution in [0.4, 0.5) is 13.2 Å². The monoisotopic (exact) mass is 363 g/mol. The molecule has 1 aromatic rings. The van der Waals surface area contributed by atoms with Crippen molar-refractivity contribution in [3.8, 4) is 0 Å². The molecule has 0 saturated heterocycles. The fraction of sp³-hybridized carbons (Fsp3) is 0.533. The van der Waals surface area contributed by atoms with Gasteiger partial charge in [-0.2, -0.15) is 13.2 Å². The topological polar surface area (TPSA) is 20.3 Å². The van der Waals surface area contributed by atoms with Crippen molar-refractivity contribution in [1.29, 1.82) is 0 Å². The molecule has 0 bridgehead atoms. The minimum Gasteiger partial charge on any atom is -0.338 e. The lowest BCUT2D eigenvalue weighted by atomic mass is 9.94. The largest absolute Gasteiger partial charge is 0.416 e. The van der Waals surface area contributed by atoms with Gasteiger partial charge in [-0.1, -0.05) is 28.8 Å². The summed E-state index contributed by atoms with van der Waals surface area (Å²) in [7, 11) is 1.71. The molecule has 0 N–H and O–H groups in total. The minimum absolute atomic E-state index is 0.0912. The van der Waals surface area contributed by atoms with Gasteiger partial charge in [0.15, 0.2) is 0 Å². The first-order valence-electron chi connectivity index (χ1n) is 6.89. The smallest absolute Gasteiger partial charge is 0.338 e. The summed E-state index contributed by atoms with van der Waals surface area (Å²) in [4.78, 5) is 14.3. The third kappa shape index (κ3) is 3.78. The van der Waals surface area contributed by atoms with Crippen LogP contribution in [-0.2, 0) is 6.18 Å². The molecule has 1 amide bonds. The number of alkyl halides is 4. The molecule has 0 aliphatic heterocycles. The fourth-order valence-electron chi connectivity index (χ4n) is 2.66. The zero-order chi connectivity index (χ0) is 15.6. The Balaban J connectivity index is 2.12. The SMILES string of the molecule is CN(C(=O)c1ccc(C(F)(F)F)cc1)C1CCCCC1Br. The molecule has 0 spiro atoms. The Hall–Kier alpha value is -1.04. The van der Waals surface area contributed by atoms with Crippen molar-refractivity contribution in [2.75, 3.05) is 7.05 Å². The number of hydrogen-bond donors (Lipinski definition) is 0. The van der Waals surface area contributed by atoms with Crippen LogP contribution in [0, 0.1) is 0 Å². The third-order valence-electron chi connectivity index (χ3n) is 3.92. The maximum atomic E-state index is 12.5. The number of amides is 1. The Morgan fingerprint density at radius 2 is 1.76 bits per heavy atom. The van der Waals surface area contributed by atoms with Crippen LogP contribution in [0.3, 0.4) is 0 Å². The van der Waals surface area contributed by atoms with Gasteiger partial charge in [-0.15, -0.1) is 0 Å². The molecule has 0 radical (unpaired) electrons. The van der Waals surface area contributed by atoms with Crippen molar-refractivity contribution in [3.05, 3.63) is 35.4 Å². The number of nitrogens with zero attached hydrogens (tertiary/aromatic N) is 1. The molecule has 1 aliphatic rings. The van der Waals surface area contributed by atoms with Crippen molar-refractivity contribution in [1.82, 2.24) is 4.90 Å². The van der Waals surface area contributed by atoms with E-state index in [0.717, 1.165) is 37.8 Å². The highest BCUT2D eigenvalue weighted by Crippen LogP contribution is 2.31. The van der Waals surface area contributed by atoms with E-state index >= 15 is 0 Å². The van der Waals surface area contributed by atoms with Crippen molar-refractivity contribution < 1.29 is 18.0 Å². The highest BCUT2D eigenvalue weighted by molar-refractivity contribution is 9.09. The minimum atomic E-state index is -4.38. The maximum Gasteiger partial charge on any atom is 0.416 e. The van der Waals surface area contributed by atoms with E-state index in [0.29, 0.717) is 0 Å². The summed E-state index contributed by atoms with van der Waals surface area (Å²) in [5.74, 6) is -0.236. The summed E-state index contributed by atoms with van der Waals surface area (Å²) in [6.07, 6.45) is -0.252. The quantitative estimate of drug-likeness (QED) is 0.709. The van der Waals surface area contributed by atoms with Crippen LogP contribution in [0.2, 0.25) is 0 Å². The van der Waals surface area contributed by atoms with Crippen LogP contribution in [0.1, 0.15) is 41.6 Å². The second-order valence-electron chi connectivity index (χ2n) is 5.36. The van der Waals surface area contributed by atoms with E-state index in [9.17, 15) is 18.0 Å². The Bertz CT molecular complexity index is 501. The van der Waals surface area contributed by atoms with Crippen molar-refractivity contribution in [2.45, 2.75) is 42.7 Å². The fourth-order valence-corrected chi connectivity index (χ4v) is 3.60. The molecule has 0 aromatic heterocycles. The summed E-state index contributed by atoms with van der Waals surface area (Å²) >= 11 is 3.59. The van der Waals surface area contributed by atoms with Crippen LogP contribution in [-0.4, -0.2) is 28.7 Å². The van der Waals surface area contributed by atoms with Gasteiger partial charge in [0, 0.05) is 23.5 Å². The lowest BCUT2D eigenvalue weighted by Crippen LogP contribution is -2.44. The third-order valence-corrected chi connectivity index (χ3v) is 4.99. The van der Waals surface area contributed by atoms with Crippen molar-refractivity contribution in [3.63, 3.8) is 0 Å². The van der Waals surface area contributed by atoms with E-state index in [1.54, 1.807) is 11.9 Å². The van der Waals surface area contributed by atoms with Gasteiger partial charge in [0.25, 0.3) is 5.91 Å². The summed E-state index contributed by atoms with van der Waals surface area (Å²) in [5.41, 5.74) is -0.450. The number of rotatable bonds is 2. The summed E-state index contributed by atoms with van der Waals surface area (Å²) in [5, 5.41) is 0. The number of halogens is 4. The molecular formula is C15H17BrF3NO. The van der Waals surface area contributed by atoms with Crippen LogP contribution in [0.25, 0.3) is 0 Å². The average molecular weight is 364 g/mol. The van der Waals surface area contributed by atoms with Crippen molar-refractivity contribution in [2.24, 2.45) is 0 Å². The van der Waals surface area contributed by atoms with Crippen LogP contribution in [0.5, 0.6) is 0 Å². The van der Waals surface area contributed by atoms with Gasteiger partial charge in [-0.25, -0.2) is 0 Å². The number of hydrogen-bond acceptors (Lipinski definition) is 1. The van der Waals surface area contributed by atoms with Gasteiger partial charge in [-0.05, 0) is 37.1 Å². The predicted molar refractivity (Wildman–Crippen MR) is 78.5 cm³/mol. The molecule has 2 unspecified atom stereocenters. The second-order valence-corrected chi connectivity index (χ2v) is 6.54. The highest BCUT2D eigenvalue weighted by Gasteiger charge is 2.32. The van der Waals surface area contributed by atoms with E-state index in [1.165, 1.54) is 12.1 Å². The van der Waals surface area contributed by atoms with Crippen LogP contribution >= 0.6 is 15.9 Å². The average Bonchev–Trinajstić information content (AvgIpc) is 2.45. The first-order chi connectivity index (χ1) is 9.80. The van der Waals surface area contributed by atoms with E-state index in [4.69, 9.17) is 0 Å². The molecule has 1 aromatic carbocycles. The first kappa shape index (κ1) is 16.3. The molecule has 2 nitrogen and oxygen atoms in total. The standard InChI is InChI=1S/C15H17BrF3NO/c1-20(13-5-3-2-4-12(13)16)14(21)10-6-8-11(9-7-10)15(17,18)19/h6-9,12-13H,2-5H2,1H3. The lowest BCUT2D eigenvalue weighted by molar-refractivity contribution is -0.137. The highest BCUT2D eigenvalue weighted by atomic mass is 79.9. The molecule has 0 heterocycles. The summed E-state index contributed by atoms with van der Waals surface area (Å²) < 4.78 is 37.6. The Labute approximate surface area is 130 Å². The Morgan fingerprint density at radius 3 is 2.29 bits per heavy atom. The number of carbonyl (C=O) groups is 1. The zero-order valence-corrected chi connectivity index (χ0v) is 13.2. The van der Waals surface area contributed by atoms with Gasteiger partial charge in [0.2, 0.25) is 0 Å². The molecule has 1 saturated carbocycles. The van der Waals surface area contributed by atoms with Crippen molar-refractivity contribution >= 4 is 21.8 Å². The number of benzene rings is 1. The molecule has 2 atom stereocenters. The zero-order valence-electron chi connectivity index (χ0n) is 11.7. The van der Waals surface area contributed by atoms with Gasteiger partial charge < -0.3 is 4.90 Å². The molecule has 1 fully saturated rings. The van der Waals surface area contributed by atoms with Gasteiger partial charge >= 0.3 is 6.18 Å². The van der Waals surface area contributed by atoms with E-state index in [2.05, 4.69) is 15.9 Å². The second kappa shape index (κ2) is 6.38. The Morgan fingerprint density at radius 1 is 1.19 bits per heavy atom. The molecular weight excluding hydrogens is 347 g/mol. The molecule has 21 heavy (non-hydrogen) atoms. The van der Waals surface area contributed by atoms with Gasteiger partial charge in [-0.3, -0.25) is 4.79 Å². The lowest BCUT2D eigenvalue weighted by Gasteiger charge is -2.35. The number of carbonyl (C=O) groups excluding carboxylic acids is 1. The summed E-state index contributed by atoms with van der Waals surface area (Å²) in [6.45, 7) is 0. The molecule has 2 rings (SSSR count). The summed E-state index contributed by atoms with van der Waals surface area (Å²) in [6, 6.07) is 4.48. The first-order valence-corrected chi connectivity index (χ1v) is 7.81. The van der Waals surface area contributed by atoms with E-state index in [1.807, 2.05) is 0 Å².